The van der Waals surface area contributed by atoms with Crippen molar-refractivity contribution in [3.8, 4) is 0 Å². The smallest absolute Gasteiger partial charge is 0.326 e. The van der Waals surface area contributed by atoms with Crippen molar-refractivity contribution in [3.05, 3.63) is 24.0 Å². The molecule has 0 aliphatic heterocycles. The highest BCUT2D eigenvalue weighted by Gasteiger charge is 2.23. The van der Waals surface area contributed by atoms with Gasteiger partial charge >= 0.3 is 5.97 Å². The number of hydrogen-bond donors (Lipinski definition) is 3. The lowest BCUT2D eigenvalue weighted by Crippen LogP contribution is -2.43. The highest BCUT2D eigenvalue weighted by atomic mass is 16.4. The molecule has 0 unspecified atom stereocenters. The van der Waals surface area contributed by atoms with E-state index < -0.39 is 30.2 Å². The van der Waals surface area contributed by atoms with Crippen molar-refractivity contribution < 1.29 is 19.5 Å². The fraction of sp³-hybridized carbons (Fsp3) is 0.300. The van der Waals surface area contributed by atoms with Gasteiger partial charge in [-0.2, -0.15) is 0 Å². The Kier molecular flexibility index (Phi) is 3.86. The molecule has 7 heteroatoms. The summed E-state index contributed by atoms with van der Waals surface area (Å²) in [6.07, 6.45) is 1.21. The molecule has 1 aromatic rings. The molecule has 1 aromatic heterocycles. The molecule has 1 heterocycles. The fourth-order valence-electron chi connectivity index (χ4n) is 1.33. The number of carboxylic acids is 1. The van der Waals surface area contributed by atoms with E-state index in [4.69, 9.17) is 10.8 Å². The van der Waals surface area contributed by atoms with E-state index in [1.165, 1.54) is 0 Å². The first kappa shape index (κ1) is 12.8. The molecular weight excluding hydrogens is 226 g/mol. The van der Waals surface area contributed by atoms with Crippen molar-refractivity contribution in [2.75, 3.05) is 0 Å². The maximum atomic E-state index is 11.7. The molecule has 0 bridgehead atoms. The zero-order chi connectivity index (χ0) is 13.0. The Balaban J connectivity index is 2.74. The summed E-state index contributed by atoms with van der Waals surface area (Å²) < 4.78 is 1.54. The number of carboxylic acid groups (broad SMARTS) is 1. The number of nitrogens with one attached hydrogen (secondary N) is 1. The van der Waals surface area contributed by atoms with Crippen LogP contribution in [0.5, 0.6) is 0 Å². The second-order valence-electron chi connectivity index (χ2n) is 3.54. The van der Waals surface area contributed by atoms with Crippen LogP contribution in [0.1, 0.15) is 16.9 Å². The van der Waals surface area contributed by atoms with Crippen LogP contribution in [0, 0.1) is 0 Å². The third-order valence-corrected chi connectivity index (χ3v) is 2.19. The summed E-state index contributed by atoms with van der Waals surface area (Å²) in [5.74, 6) is -2.65. The predicted octanol–water partition coefficient (Wildman–Crippen LogP) is -0.916. The molecular formula is C10H13N3O4. The number of nitrogens with zero attached hydrogens (tertiary/aromatic N) is 1. The largest absolute Gasteiger partial charge is 0.480 e. The van der Waals surface area contributed by atoms with E-state index in [9.17, 15) is 14.4 Å². The third-order valence-electron chi connectivity index (χ3n) is 2.19. The molecule has 0 saturated carbocycles. The number of amides is 2. The molecule has 17 heavy (non-hydrogen) atoms. The number of rotatable bonds is 5. The van der Waals surface area contributed by atoms with E-state index in [-0.39, 0.29) is 0 Å². The maximum Gasteiger partial charge on any atom is 0.326 e. The first-order valence-corrected chi connectivity index (χ1v) is 4.85. The molecule has 0 radical (unpaired) electrons. The van der Waals surface area contributed by atoms with Crippen molar-refractivity contribution in [1.29, 1.82) is 0 Å². The number of aryl methyl sites for hydroxylation is 1. The van der Waals surface area contributed by atoms with Crippen molar-refractivity contribution in [1.82, 2.24) is 9.88 Å². The minimum absolute atomic E-state index is 0.306. The Morgan fingerprint density at radius 3 is 2.59 bits per heavy atom. The van der Waals surface area contributed by atoms with Crippen molar-refractivity contribution >= 4 is 17.8 Å². The van der Waals surface area contributed by atoms with E-state index in [0.29, 0.717) is 5.69 Å². The topological polar surface area (TPSA) is 114 Å². The normalized spacial score (nSPS) is 11.8. The molecule has 7 nitrogen and oxygen atoms in total. The van der Waals surface area contributed by atoms with Gasteiger partial charge in [-0.25, -0.2) is 4.79 Å². The molecule has 0 aliphatic carbocycles. The van der Waals surface area contributed by atoms with Crippen LogP contribution in [0.4, 0.5) is 0 Å². The van der Waals surface area contributed by atoms with Gasteiger partial charge in [-0.15, -0.1) is 0 Å². The Bertz CT molecular complexity index is 452. The molecule has 0 aliphatic rings. The highest BCUT2D eigenvalue weighted by molar-refractivity contribution is 5.96. The number of nitrogens with two attached hydrogens (primary N) is 1. The molecule has 92 valence electrons. The SMILES string of the molecule is Cn1cccc1C(=O)N[C@H](CC(N)=O)C(=O)O. The number of primary amides is 1. The average molecular weight is 239 g/mol. The summed E-state index contributed by atoms with van der Waals surface area (Å²) >= 11 is 0. The van der Waals surface area contributed by atoms with Crippen molar-refractivity contribution in [3.63, 3.8) is 0 Å². The van der Waals surface area contributed by atoms with E-state index in [0.717, 1.165) is 0 Å². The second-order valence-corrected chi connectivity index (χ2v) is 3.54. The highest BCUT2D eigenvalue weighted by Crippen LogP contribution is 2.01. The van der Waals surface area contributed by atoms with Crippen LogP contribution in [-0.2, 0) is 16.6 Å². The van der Waals surface area contributed by atoms with Gasteiger partial charge in [0.2, 0.25) is 5.91 Å². The molecule has 2 amide bonds. The monoisotopic (exact) mass is 239 g/mol. The van der Waals surface area contributed by atoms with Gasteiger partial charge in [0.05, 0.1) is 6.42 Å². The van der Waals surface area contributed by atoms with E-state index in [1.54, 1.807) is 29.9 Å². The maximum absolute atomic E-state index is 11.7. The van der Waals surface area contributed by atoms with Crippen LogP contribution in [-0.4, -0.2) is 33.5 Å². The van der Waals surface area contributed by atoms with Gasteiger partial charge in [0, 0.05) is 13.2 Å². The lowest BCUT2D eigenvalue weighted by atomic mass is 10.2. The van der Waals surface area contributed by atoms with Gasteiger partial charge in [-0.3, -0.25) is 9.59 Å². The minimum atomic E-state index is -1.31. The molecule has 1 rings (SSSR count). The Hall–Kier alpha value is -2.31. The summed E-state index contributed by atoms with van der Waals surface area (Å²) in [6, 6.07) is 1.88. The van der Waals surface area contributed by atoms with Crippen LogP contribution in [0.25, 0.3) is 0 Å². The van der Waals surface area contributed by atoms with Gasteiger partial charge in [0.25, 0.3) is 5.91 Å². The molecule has 4 N–H and O–H groups in total. The summed E-state index contributed by atoms with van der Waals surface area (Å²) in [5, 5.41) is 11.0. The number of carbonyl (C=O) groups is 3. The van der Waals surface area contributed by atoms with E-state index >= 15 is 0 Å². The first-order chi connectivity index (χ1) is 7.91. The Morgan fingerprint density at radius 1 is 1.53 bits per heavy atom. The summed E-state index contributed by atoms with van der Waals surface area (Å²) in [7, 11) is 1.65. The van der Waals surface area contributed by atoms with Crippen molar-refractivity contribution in [2.24, 2.45) is 12.8 Å². The van der Waals surface area contributed by atoms with Gasteiger partial charge in [0.1, 0.15) is 11.7 Å². The first-order valence-electron chi connectivity index (χ1n) is 4.85. The number of aliphatic carboxylic acids is 1. The van der Waals surface area contributed by atoms with Gasteiger partial charge in [-0.05, 0) is 12.1 Å². The summed E-state index contributed by atoms with van der Waals surface area (Å²) in [6.45, 7) is 0. The summed E-state index contributed by atoms with van der Waals surface area (Å²) in [5.41, 5.74) is 5.20. The lowest BCUT2D eigenvalue weighted by molar-refractivity contribution is -0.140. The Morgan fingerprint density at radius 2 is 2.18 bits per heavy atom. The van der Waals surface area contributed by atoms with Crippen molar-refractivity contribution in [2.45, 2.75) is 12.5 Å². The second kappa shape index (κ2) is 5.15. The predicted molar refractivity (Wildman–Crippen MR) is 58.1 cm³/mol. The molecule has 0 spiro atoms. The number of carbonyl (C=O) groups excluding carboxylic acids is 2. The zero-order valence-electron chi connectivity index (χ0n) is 9.21. The number of aromatic nitrogens is 1. The molecule has 0 fully saturated rings. The van der Waals surface area contributed by atoms with Crippen LogP contribution in [0.15, 0.2) is 18.3 Å². The van der Waals surface area contributed by atoms with Gasteiger partial charge in [0.15, 0.2) is 0 Å². The fourth-order valence-corrected chi connectivity index (χ4v) is 1.33. The van der Waals surface area contributed by atoms with Crippen LogP contribution < -0.4 is 11.1 Å². The third kappa shape index (κ3) is 3.33. The van der Waals surface area contributed by atoms with Gasteiger partial charge < -0.3 is 20.7 Å². The Labute approximate surface area is 97.2 Å². The minimum Gasteiger partial charge on any atom is -0.480 e. The standard InChI is InChI=1S/C10H13N3O4/c1-13-4-2-3-7(13)9(15)12-6(10(16)17)5-8(11)14/h2-4,6H,5H2,1H3,(H2,11,14)(H,12,15)(H,16,17)/t6-/m1/s1. The van der Waals surface area contributed by atoms with Gasteiger partial charge in [-0.1, -0.05) is 0 Å². The lowest BCUT2D eigenvalue weighted by Gasteiger charge is -2.12. The molecule has 0 aromatic carbocycles. The quantitative estimate of drug-likeness (QED) is 0.616. The van der Waals surface area contributed by atoms with E-state index in [1.807, 2.05) is 0 Å². The average Bonchev–Trinajstić information content (AvgIpc) is 2.62. The van der Waals surface area contributed by atoms with Crippen LogP contribution in [0.3, 0.4) is 0 Å². The molecule has 1 atom stereocenters. The van der Waals surface area contributed by atoms with E-state index in [2.05, 4.69) is 5.32 Å². The van der Waals surface area contributed by atoms with Crippen LogP contribution >= 0.6 is 0 Å². The summed E-state index contributed by atoms with van der Waals surface area (Å²) in [4.78, 5) is 33.1. The zero-order valence-corrected chi connectivity index (χ0v) is 9.21. The number of hydrogen-bond acceptors (Lipinski definition) is 3. The molecule has 0 saturated heterocycles. The van der Waals surface area contributed by atoms with Crippen LogP contribution in [0.2, 0.25) is 0 Å².